The van der Waals surface area contributed by atoms with Gasteiger partial charge in [-0.05, 0) is 6.92 Å². The molecule has 2 heterocycles. The Hall–Kier alpha value is -1.58. The van der Waals surface area contributed by atoms with Crippen molar-refractivity contribution in [1.29, 1.82) is 0 Å². The maximum Gasteiger partial charge on any atom is 0.165 e. The Morgan fingerprint density at radius 3 is 2.90 bits per heavy atom. The normalized spacial score (nSPS) is 13.8. The first-order chi connectivity index (χ1) is 9.53. The Kier molecular flexibility index (Phi) is 6.19. The van der Waals surface area contributed by atoms with E-state index in [0.717, 1.165) is 0 Å². The quantitative estimate of drug-likeness (QED) is 0.545. The molecule has 6 N–H and O–H groups in total. The average molecular weight is 318 g/mol. The van der Waals surface area contributed by atoms with Crippen molar-refractivity contribution in [2.45, 2.75) is 13.5 Å². The van der Waals surface area contributed by atoms with Gasteiger partial charge in [-0.3, -0.25) is 0 Å². The van der Waals surface area contributed by atoms with Gasteiger partial charge < -0.3 is 35.2 Å². The molecule has 2 rings (SSSR count). The van der Waals surface area contributed by atoms with Gasteiger partial charge in [0.1, 0.15) is 18.2 Å². The third kappa shape index (κ3) is 4.45. The van der Waals surface area contributed by atoms with Crippen molar-refractivity contribution in [1.82, 2.24) is 25.7 Å². The molecule has 21 heavy (non-hydrogen) atoms. The molecule has 2 aromatic heterocycles. The van der Waals surface area contributed by atoms with Crippen molar-refractivity contribution in [3.63, 3.8) is 0 Å². The number of imidazole rings is 1. The minimum atomic E-state index is -3.90. The van der Waals surface area contributed by atoms with E-state index in [-0.39, 0.29) is 19.4 Å². The molecule has 0 aliphatic carbocycles. The monoisotopic (exact) mass is 318 g/mol. The number of nitrogens with zero attached hydrogens (tertiary/aromatic N) is 4. The van der Waals surface area contributed by atoms with E-state index in [9.17, 15) is 9.46 Å². The molecule has 118 valence electrons. The third-order valence-corrected chi connectivity index (χ3v) is 3.63. The fourth-order valence-corrected chi connectivity index (χ4v) is 2.46. The van der Waals surface area contributed by atoms with Crippen LogP contribution >= 0.6 is 7.60 Å². The van der Waals surface area contributed by atoms with Crippen LogP contribution in [0.4, 0.5) is 5.82 Å². The number of quaternary nitrogens is 1. The molecule has 1 unspecified atom stereocenters. The summed E-state index contributed by atoms with van der Waals surface area (Å²) in [6.45, 7) is 2.30. The Bertz CT molecular complexity index is 633. The molecular formula is C10H19N6O4P. The molecular weight excluding hydrogens is 299 g/mol. The SMILES string of the molecule is CCOP(=O)([O-])COCCn1cnc2c(N)ncnc21.[NH4+]. The van der Waals surface area contributed by atoms with Gasteiger partial charge in [-0.1, -0.05) is 0 Å². The minimum Gasteiger partial charge on any atom is -0.777 e. The van der Waals surface area contributed by atoms with Crippen molar-refractivity contribution in [3.8, 4) is 0 Å². The van der Waals surface area contributed by atoms with Crippen LogP contribution in [0, 0.1) is 0 Å². The number of fused-ring (bicyclic) bond motifs is 1. The molecule has 0 aliphatic rings. The van der Waals surface area contributed by atoms with Gasteiger partial charge in [-0.2, -0.15) is 0 Å². The summed E-state index contributed by atoms with van der Waals surface area (Å²) in [7, 11) is -3.90. The van der Waals surface area contributed by atoms with Gasteiger partial charge in [0.2, 0.25) is 0 Å². The molecule has 11 heteroatoms. The zero-order chi connectivity index (χ0) is 14.6. The van der Waals surface area contributed by atoms with Crippen molar-refractivity contribution in [3.05, 3.63) is 12.7 Å². The molecule has 0 saturated carbocycles. The lowest BCUT2D eigenvalue weighted by Crippen LogP contribution is -2.13. The molecule has 0 radical (unpaired) electrons. The highest BCUT2D eigenvalue weighted by Crippen LogP contribution is 2.36. The summed E-state index contributed by atoms with van der Waals surface area (Å²) in [6, 6.07) is 0. The zero-order valence-electron chi connectivity index (χ0n) is 11.9. The van der Waals surface area contributed by atoms with E-state index in [1.165, 1.54) is 6.33 Å². The molecule has 10 nitrogen and oxygen atoms in total. The van der Waals surface area contributed by atoms with E-state index in [0.29, 0.717) is 23.5 Å². The number of ether oxygens (including phenoxy) is 1. The Morgan fingerprint density at radius 2 is 2.19 bits per heavy atom. The molecule has 2 aromatic rings. The second-order valence-electron chi connectivity index (χ2n) is 3.94. The molecule has 0 saturated heterocycles. The van der Waals surface area contributed by atoms with E-state index in [1.807, 2.05) is 0 Å². The minimum absolute atomic E-state index is 0. The molecule has 0 bridgehead atoms. The number of hydrogen-bond donors (Lipinski definition) is 2. The Balaban J connectivity index is 0.00000220. The number of hydrogen-bond acceptors (Lipinski definition) is 8. The first kappa shape index (κ1) is 17.5. The number of aromatic nitrogens is 4. The number of nitrogens with two attached hydrogens (primary N) is 1. The molecule has 0 amide bonds. The number of rotatable bonds is 7. The smallest absolute Gasteiger partial charge is 0.165 e. The highest BCUT2D eigenvalue weighted by Gasteiger charge is 2.09. The summed E-state index contributed by atoms with van der Waals surface area (Å²) in [5.74, 6) is 0.301. The average Bonchev–Trinajstić information content (AvgIpc) is 2.79. The van der Waals surface area contributed by atoms with Crippen LogP contribution in [-0.4, -0.2) is 39.1 Å². The zero-order valence-corrected chi connectivity index (χ0v) is 12.8. The van der Waals surface area contributed by atoms with Gasteiger partial charge in [0, 0.05) is 6.54 Å². The van der Waals surface area contributed by atoms with Crippen LogP contribution < -0.4 is 16.8 Å². The molecule has 1 atom stereocenters. The van der Waals surface area contributed by atoms with Crippen LogP contribution in [0.25, 0.3) is 11.2 Å². The Labute approximate surface area is 121 Å². The highest BCUT2D eigenvalue weighted by atomic mass is 31.2. The molecule has 0 aliphatic heterocycles. The fraction of sp³-hybridized carbons (Fsp3) is 0.500. The van der Waals surface area contributed by atoms with Gasteiger partial charge >= 0.3 is 0 Å². The van der Waals surface area contributed by atoms with Gasteiger partial charge in [0.15, 0.2) is 19.1 Å². The summed E-state index contributed by atoms with van der Waals surface area (Å²) in [4.78, 5) is 23.3. The molecule has 0 fully saturated rings. The van der Waals surface area contributed by atoms with Crippen LogP contribution in [0.3, 0.4) is 0 Å². The summed E-state index contributed by atoms with van der Waals surface area (Å²) in [5.41, 5.74) is 6.75. The van der Waals surface area contributed by atoms with Gasteiger partial charge in [0.25, 0.3) is 0 Å². The summed E-state index contributed by atoms with van der Waals surface area (Å²) in [5, 5.41) is 0. The van der Waals surface area contributed by atoms with E-state index in [4.69, 9.17) is 10.5 Å². The van der Waals surface area contributed by atoms with Crippen molar-refractivity contribution >= 4 is 24.6 Å². The number of nitrogen functional groups attached to an aromatic ring is 1. The van der Waals surface area contributed by atoms with E-state index in [1.54, 1.807) is 17.8 Å². The molecule has 0 spiro atoms. The summed E-state index contributed by atoms with van der Waals surface area (Å²) < 4.78 is 22.6. The van der Waals surface area contributed by atoms with Crippen LogP contribution in [0.5, 0.6) is 0 Å². The van der Waals surface area contributed by atoms with Crippen molar-refractivity contribution in [2.24, 2.45) is 0 Å². The molecule has 0 aromatic carbocycles. The first-order valence-corrected chi connectivity index (χ1v) is 7.70. The second-order valence-corrected chi connectivity index (χ2v) is 5.67. The largest absolute Gasteiger partial charge is 0.777 e. The predicted octanol–water partition coefficient (Wildman–Crippen LogP) is 0.349. The lowest BCUT2D eigenvalue weighted by Gasteiger charge is -2.21. The fourth-order valence-electron chi connectivity index (χ4n) is 1.64. The van der Waals surface area contributed by atoms with Gasteiger partial charge in [0.05, 0.1) is 19.5 Å². The lowest BCUT2D eigenvalue weighted by atomic mass is 10.5. The van der Waals surface area contributed by atoms with Crippen molar-refractivity contribution < 1.29 is 18.7 Å². The second kappa shape index (κ2) is 7.43. The van der Waals surface area contributed by atoms with Crippen LogP contribution in [0.2, 0.25) is 0 Å². The van der Waals surface area contributed by atoms with Crippen LogP contribution in [0.1, 0.15) is 6.92 Å². The maximum absolute atomic E-state index is 11.3. The van der Waals surface area contributed by atoms with Crippen LogP contribution in [0.15, 0.2) is 12.7 Å². The van der Waals surface area contributed by atoms with E-state index in [2.05, 4.69) is 19.5 Å². The summed E-state index contributed by atoms with van der Waals surface area (Å²) in [6.07, 6.45) is 2.45. The first-order valence-electron chi connectivity index (χ1n) is 5.97. The highest BCUT2D eigenvalue weighted by molar-refractivity contribution is 7.51. The van der Waals surface area contributed by atoms with E-state index >= 15 is 0 Å². The van der Waals surface area contributed by atoms with Crippen molar-refractivity contribution in [2.75, 3.05) is 25.3 Å². The maximum atomic E-state index is 11.3. The lowest BCUT2D eigenvalue weighted by molar-refractivity contribution is -0.203. The standard InChI is InChI=1S/C10H16N5O4P.H3N/c1-2-19-20(16,17)7-18-4-3-15-6-14-8-9(11)12-5-13-10(8)15;/h5-6H,2-4,7H2,1H3,(H,16,17)(H2,11,12,13);1H3. The Morgan fingerprint density at radius 1 is 1.43 bits per heavy atom. The topological polar surface area (TPSA) is 165 Å². The third-order valence-electron chi connectivity index (χ3n) is 2.48. The van der Waals surface area contributed by atoms with Gasteiger partial charge in [-0.15, -0.1) is 0 Å². The van der Waals surface area contributed by atoms with Gasteiger partial charge in [-0.25, -0.2) is 15.0 Å². The predicted molar refractivity (Wildman–Crippen MR) is 75.8 cm³/mol. The summed E-state index contributed by atoms with van der Waals surface area (Å²) >= 11 is 0. The number of anilines is 1. The van der Waals surface area contributed by atoms with E-state index < -0.39 is 13.9 Å². The van der Waals surface area contributed by atoms with Crippen LogP contribution in [-0.2, 0) is 20.4 Å².